The van der Waals surface area contributed by atoms with Gasteiger partial charge in [-0.2, -0.15) is 0 Å². The highest BCUT2D eigenvalue weighted by molar-refractivity contribution is 5.94. The van der Waals surface area contributed by atoms with Crippen molar-refractivity contribution in [1.29, 1.82) is 0 Å². The summed E-state index contributed by atoms with van der Waals surface area (Å²) in [6.45, 7) is 2.09. The van der Waals surface area contributed by atoms with Gasteiger partial charge in [0.15, 0.2) is 0 Å². The van der Waals surface area contributed by atoms with E-state index in [0.29, 0.717) is 18.7 Å². The monoisotopic (exact) mass is 284 g/mol. The number of carbonyl (C=O) groups excluding carboxylic acids is 1. The lowest BCUT2D eigenvalue weighted by Gasteiger charge is -2.36. The van der Waals surface area contributed by atoms with Crippen LogP contribution in [0.1, 0.15) is 22.0 Å². The molecule has 0 aromatic heterocycles. The van der Waals surface area contributed by atoms with E-state index in [-0.39, 0.29) is 17.8 Å². The summed E-state index contributed by atoms with van der Waals surface area (Å²) in [5.41, 5.74) is 1.49. The Morgan fingerprint density at radius 1 is 1.14 bits per heavy atom. The fourth-order valence-electron chi connectivity index (χ4n) is 2.71. The van der Waals surface area contributed by atoms with E-state index in [9.17, 15) is 9.18 Å². The van der Waals surface area contributed by atoms with E-state index >= 15 is 0 Å². The lowest BCUT2D eigenvalue weighted by atomic mass is 10.0. The first-order valence-corrected chi connectivity index (χ1v) is 7.08. The molecule has 1 amide bonds. The van der Waals surface area contributed by atoms with E-state index in [1.807, 2.05) is 35.2 Å². The van der Waals surface area contributed by atoms with Crippen molar-refractivity contribution in [3.63, 3.8) is 0 Å². The van der Waals surface area contributed by atoms with Crippen LogP contribution in [-0.4, -0.2) is 30.4 Å². The van der Waals surface area contributed by atoms with Gasteiger partial charge in [0.2, 0.25) is 0 Å². The van der Waals surface area contributed by atoms with Gasteiger partial charge in [-0.25, -0.2) is 4.39 Å². The number of nitrogens with zero attached hydrogens (tertiary/aromatic N) is 1. The van der Waals surface area contributed by atoms with E-state index in [0.717, 1.165) is 12.1 Å². The average molecular weight is 284 g/mol. The molecule has 0 saturated carbocycles. The second-order valence-corrected chi connectivity index (χ2v) is 5.14. The van der Waals surface area contributed by atoms with Crippen molar-refractivity contribution in [2.45, 2.75) is 6.04 Å². The second-order valence-electron chi connectivity index (χ2n) is 5.14. The molecule has 2 aromatic carbocycles. The van der Waals surface area contributed by atoms with Crippen molar-refractivity contribution in [3.8, 4) is 0 Å². The van der Waals surface area contributed by atoms with Gasteiger partial charge < -0.3 is 10.2 Å². The minimum Gasteiger partial charge on any atom is -0.329 e. The van der Waals surface area contributed by atoms with Crippen LogP contribution >= 0.6 is 0 Å². The Balaban J connectivity index is 1.89. The maximum Gasteiger partial charge on any atom is 0.254 e. The smallest absolute Gasteiger partial charge is 0.254 e. The SMILES string of the molecule is O=C(c1cccc(F)c1)N1CCNCC1c1ccccc1. The van der Waals surface area contributed by atoms with Crippen LogP contribution in [0.25, 0.3) is 0 Å². The van der Waals surface area contributed by atoms with Gasteiger partial charge in [-0.3, -0.25) is 4.79 Å². The molecule has 21 heavy (non-hydrogen) atoms. The Labute approximate surface area is 123 Å². The molecule has 3 nitrogen and oxygen atoms in total. The molecule has 3 rings (SSSR count). The molecule has 1 saturated heterocycles. The second kappa shape index (κ2) is 6.06. The van der Waals surface area contributed by atoms with Crippen molar-refractivity contribution < 1.29 is 9.18 Å². The Kier molecular flexibility index (Phi) is 3.97. The fraction of sp³-hybridized carbons (Fsp3) is 0.235. The number of hydrogen-bond acceptors (Lipinski definition) is 2. The third-order valence-corrected chi connectivity index (χ3v) is 3.76. The van der Waals surface area contributed by atoms with Crippen LogP contribution in [0.2, 0.25) is 0 Å². The third-order valence-electron chi connectivity index (χ3n) is 3.76. The molecule has 0 bridgehead atoms. The van der Waals surface area contributed by atoms with Crippen LogP contribution in [0.15, 0.2) is 54.6 Å². The largest absolute Gasteiger partial charge is 0.329 e. The Hall–Kier alpha value is -2.20. The molecule has 0 spiro atoms. The minimum absolute atomic E-state index is 0.0179. The lowest BCUT2D eigenvalue weighted by molar-refractivity contribution is 0.0634. The third kappa shape index (κ3) is 2.95. The van der Waals surface area contributed by atoms with Crippen molar-refractivity contribution >= 4 is 5.91 Å². The van der Waals surface area contributed by atoms with Gasteiger partial charge in [-0.1, -0.05) is 36.4 Å². The summed E-state index contributed by atoms with van der Waals surface area (Å²) in [7, 11) is 0. The van der Waals surface area contributed by atoms with Crippen LogP contribution in [0.5, 0.6) is 0 Å². The summed E-state index contributed by atoms with van der Waals surface area (Å²) in [5, 5.41) is 3.31. The topological polar surface area (TPSA) is 32.3 Å². The van der Waals surface area contributed by atoms with Gasteiger partial charge in [-0.05, 0) is 23.8 Å². The molecule has 1 N–H and O–H groups in total. The van der Waals surface area contributed by atoms with E-state index in [1.165, 1.54) is 12.1 Å². The summed E-state index contributed by atoms with van der Waals surface area (Å²) >= 11 is 0. The number of benzene rings is 2. The number of rotatable bonds is 2. The quantitative estimate of drug-likeness (QED) is 0.919. The lowest BCUT2D eigenvalue weighted by Crippen LogP contribution is -2.48. The minimum atomic E-state index is -0.382. The number of carbonyl (C=O) groups is 1. The van der Waals surface area contributed by atoms with Gasteiger partial charge in [0.05, 0.1) is 6.04 Å². The van der Waals surface area contributed by atoms with Crippen molar-refractivity contribution in [2.24, 2.45) is 0 Å². The van der Waals surface area contributed by atoms with Gasteiger partial charge in [0.1, 0.15) is 5.82 Å². The summed E-state index contributed by atoms with van der Waals surface area (Å²) in [6, 6.07) is 15.8. The molecule has 1 heterocycles. The van der Waals surface area contributed by atoms with Crippen molar-refractivity contribution in [1.82, 2.24) is 10.2 Å². The zero-order valence-corrected chi connectivity index (χ0v) is 11.6. The number of amides is 1. The predicted molar refractivity (Wildman–Crippen MR) is 79.5 cm³/mol. The molecule has 108 valence electrons. The first-order chi connectivity index (χ1) is 10.3. The van der Waals surface area contributed by atoms with Crippen molar-refractivity contribution in [3.05, 3.63) is 71.5 Å². The van der Waals surface area contributed by atoms with E-state index in [4.69, 9.17) is 0 Å². The molecular weight excluding hydrogens is 267 g/mol. The van der Waals surface area contributed by atoms with Gasteiger partial charge >= 0.3 is 0 Å². The zero-order chi connectivity index (χ0) is 14.7. The van der Waals surface area contributed by atoms with Crippen LogP contribution in [0, 0.1) is 5.82 Å². The number of piperazine rings is 1. The molecule has 2 aromatic rings. The predicted octanol–water partition coefficient (Wildman–Crippen LogP) is 2.61. The number of nitrogens with one attached hydrogen (secondary N) is 1. The van der Waals surface area contributed by atoms with Crippen LogP contribution in [0.3, 0.4) is 0 Å². The molecule has 4 heteroatoms. The van der Waals surface area contributed by atoms with Crippen LogP contribution in [-0.2, 0) is 0 Å². The Morgan fingerprint density at radius 2 is 1.95 bits per heavy atom. The molecule has 1 unspecified atom stereocenters. The van der Waals surface area contributed by atoms with E-state index < -0.39 is 0 Å². The molecule has 0 radical (unpaired) electrons. The molecule has 1 aliphatic rings. The molecule has 0 aliphatic carbocycles. The summed E-state index contributed by atoms with van der Waals surface area (Å²) < 4.78 is 13.3. The number of halogens is 1. The summed E-state index contributed by atoms with van der Waals surface area (Å²) in [4.78, 5) is 14.5. The van der Waals surface area contributed by atoms with Crippen molar-refractivity contribution in [2.75, 3.05) is 19.6 Å². The Bertz CT molecular complexity index is 630. The molecular formula is C17H17FN2O. The van der Waals surface area contributed by atoms with Crippen LogP contribution in [0.4, 0.5) is 4.39 Å². The summed E-state index contributed by atoms with van der Waals surface area (Å²) in [6.07, 6.45) is 0. The average Bonchev–Trinajstić information content (AvgIpc) is 2.55. The Morgan fingerprint density at radius 3 is 2.71 bits per heavy atom. The molecule has 1 aliphatic heterocycles. The van der Waals surface area contributed by atoms with Gasteiger partial charge in [-0.15, -0.1) is 0 Å². The highest BCUT2D eigenvalue weighted by atomic mass is 19.1. The molecule has 1 fully saturated rings. The van der Waals surface area contributed by atoms with E-state index in [2.05, 4.69) is 5.32 Å². The highest BCUT2D eigenvalue weighted by Gasteiger charge is 2.28. The van der Waals surface area contributed by atoms with Crippen LogP contribution < -0.4 is 5.32 Å². The van der Waals surface area contributed by atoms with Gasteiger partial charge in [0, 0.05) is 25.2 Å². The fourth-order valence-corrected chi connectivity index (χ4v) is 2.71. The molecule has 1 atom stereocenters. The number of hydrogen-bond donors (Lipinski definition) is 1. The maximum absolute atomic E-state index is 13.3. The first-order valence-electron chi connectivity index (χ1n) is 7.08. The summed E-state index contributed by atoms with van der Waals surface area (Å²) in [5.74, 6) is -0.503. The normalized spacial score (nSPS) is 18.5. The van der Waals surface area contributed by atoms with Gasteiger partial charge in [0.25, 0.3) is 5.91 Å². The van der Waals surface area contributed by atoms with E-state index in [1.54, 1.807) is 12.1 Å². The maximum atomic E-state index is 13.3. The first kappa shape index (κ1) is 13.8. The highest BCUT2D eigenvalue weighted by Crippen LogP contribution is 2.24. The zero-order valence-electron chi connectivity index (χ0n) is 11.6. The standard InChI is InChI=1S/C17H17FN2O/c18-15-8-4-7-14(11-15)17(21)20-10-9-19-12-16(20)13-5-2-1-3-6-13/h1-8,11,16,19H,9-10,12H2.